The fourth-order valence-electron chi connectivity index (χ4n) is 3.92. The molecule has 0 fully saturated rings. The number of aliphatic hydroxyl groups is 1. The van der Waals surface area contributed by atoms with Crippen LogP contribution in [0.4, 0.5) is 0 Å². The van der Waals surface area contributed by atoms with Crippen LogP contribution in [0.3, 0.4) is 0 Å². The number of rotatable bonds is 1. The first-order valence-electron chi connectivity index (χ1n) is 8.02. The molecule has 0 amide bonds. The molecule has 0 heterocycles. The third-order valence-corrected chi connectivity index (χ3v) is 5.06. The van der Waals surface area contributed by atoms with Crippen LogP contribution >= 0.6 is 0 Å². The monoisotopic (exact) mass is 296 g/mol. The summed E-state index contributed by atoms with van der Waals surface area (Å²) >= 11 is 0. The number of aliphatic hydroxyl groups excluding tert-OH is 1. The maximum absolute atomic E-state index is 10.0. The molecule has 4 aromatic rings. The maximum Gasteiger partial charge on any atom is 0.0540 e. The molecule has 5 rings (SSSR count). The van der Waals surface area contributed by atoms with Crippen molar-refractivity contribution in [1.82, 2.24) is 0 Å². The fourth-order valence-corrected chi connectivity index (χ4v) is 3.92. The lowest BCUT2D eigenvalue weighted by Gasteiger charge is -2.11. The third kappa shape index (κ3) is 1.77. The van der Waals surface area contributed by atoms with Crippen molar-refractivity contribution >= 4 is 21.5 Å². The molecule has 0 aliphatic heterocycles. The van der Waals surface area contributed by atoms with Crippen LogP contribution in [0.2, 0.25) is 0 Å². The molecule has 1 heteroatoms. The third-order valence-electron chi connectivity index (χ3n) is 5.06. The summed E-state index contributed by atoms with van der Waals surface area (Å²) < 4.78 is 0. The van der Waals surface area contributed by atoms with Gasteiger partial charge >= 0.3 is 0 Å². The van der Waals surface area contributed by atoms with Crippen LogP contribution in [0.15, 0.2) is 72.8 Å². The first kappa shape index (κ1) is 12.9. The number of fused-ring (bicyclic) bond motifs is 5. The van der Waals surface area contributed by atoms with Gasteiger partial charge < -0.3 is 5.11 Å². The van der Waals surface area contributed by atoms with Crippen molar-refractivity contribution in [2.75, 3.05) is 6.61 Å². The Morgan fingerprint density at radius 2 is 1.00 bits per heavy atom. The number of hydrogen-bond donors (Lipinski definition) is 1. The van der Waals surface area contributed by atoms with Gasteiger partial charge in [0.1, 0.15) is 0 Å². The van der Waals surface area contributed by atoms with E-state index in [2.05, 4.69) is 72.8 Å². The highest BCUT2D eigenvalue weighted by molar-refractivity contribution is 5.97. The molecule has 110 valence electrons. The van der Waals surface area contributed by atoms with Gasteiger partial charge in [0.05, 0.1) is 6.61 Å². The Morgan fingerprint density at radius 3 is 1.39 bits per heavy atom. The zero-order valence-electron chi connectivity index (χ0n) is 12.7. The summed E-state index contributed by atoms with van der Waals surface area (Å²) in [5, 5.41) is 15.0. The highest BCUT2D eigenvalue weighted by atomic mass is 16.3. The van der Waals surface area contributed by atoms with Crippen molar-refractivity contribution in [3.63, 3.8) is 0 Å². The minimum absolute atomic E-state index is 0.0780. The van der Waals surface area contributed by atoms with Crippen LogP contribution in [-0.4, -0.2) is 11.7 Å². The van der Waals surface area contributed by atoms with Crippen molar-refractivity contribution < 1.29 is 5.11 Å². The maximum atomic E-state index is 10.0. The Bertz CT molecular complexity index is 977. The second-order valence-electron chi connectivity index (χ2n) is 6.31. The zero-order chi connectivity index (χ0) is 15.4. The molecular formula is C22H16O. The van der Waals surface area contributed by atoms with Crippen molar-refractivity contribution in [2.45, 2.75) is 5.92 Å². The average molecular weight is 296 g/mol. The predicted octanol–water partition coefficient (Wildman–Crippen LogP) is 5.10. The average Bonchev–Trinajstić information content (AvgIpc) is 2.89. The van der Waals surface area contributed by atoms with E-state index in [1.54, 1.807) is 0 Å². The van der Waals surface area contributed by atoms with Crippen LogP contribution in [0.25, 0.3) is 32.7 Å². The summed E-state index contributed by atoms with van der Waals surface area (Å²) in [6.45, 7) is 0.149. The minimum Gasteiger partial charge on any atom is -0.395 e. The van der Waals surface area contributed by atoms with Crippen LogP contribution in [0, 0.1) is 0 Å². The van der Waals surface area contributed by atoms with Gasteiger partial charge in [0, 0.05) is 5.92 Å². The van der Waals surface area contributed by atoms with E-state index in [1.807, 2.05) is 0 Å². The second kappa shape index (κ2) is 4.68. The van der Waals surface area contributed by atoms with E-state index in [-0.39, 0.29) is 12.5 Å². The van der Waals surface area contributed by atoms with Gasteiger partial charge in [0.25, 0.3) is 0 Å². The number of hydrogen-bond acceptors (Lipinski definition) is 1. The van der Waals surface area contributed by atoms with Gasteiger partial charge in [-0.25, -0.2) is 0 Å². The standard InChI is InChI=1S/C22H16O/c23-13-22-20-11-16-7-3-1-5-14(16)9-18(20)19-10-15-6-2-4-8-17(15)12-21(19)22/h1-12,22-23H,13H2. The zero-order valence-corrected chi connectivity index (χ0v) is 12.7. The van der Waals surface area contributed by atoms with Crippen molar-refractivity contribution in [2.24, 2.45) is 0 Å². The van der Waals surface area contributed by atoms with Gasteiger partial charge in [-0.15, -0.1) is 0 Å². The molecule has 0 saturated carbocycles. The van der Waals surface area contributed by atoms with Crippen LogP contribution in [-0.2, 0) is 0 Å². The highest BCUT2D eigenvalue weighted by Crippen LogP contribution is 2.47. The molecule has 4 aromatic carbocycles. The summed E-state index contributed by atoms with van der Waals surface area (Å²) in [6, 6.07) is 25.9. The normalized spacial score (nSPS) is 13.4. The summed E-state index contributed by atoms with van der Waals surface area (Å²) in [4.78, 5) is 0. The van der Waals surface area contributed by atoms with Gasteiger partial charge in [-0.05, 0) is 68.1 Å². The molecular weight excluding hydrogens is 280 g/mol. The summed E-state index contributed by atoms with van der Waals surface area (Å²) in [5.41, 5.74) is 5.03. The van der Waals surface area contributed by atoms with Gasteiger partial charge in [-0.1, -0.05) is 48.5 Å². The van der Waals surface area contributed by atoms with E-state index >= 15 is 0 Å². The Labute approximate surface area is 134 Å². The molecule has 0 unspecified atom stereocenters. The van der Waals surface area contributed by atoms with Crippen LogP contribution < -0.4 is 0 Å². The lowest BCUT2D eigenvalue weighted by Crippen LogP contribution is -2.01. The van der Waals surface area contributed by atoms with Crippen LogP contribution in [0.1, 0.15) is 17.0 Å². The summed E-state index contributed by atoms with van der Waals surface area (Å²) in [5.74, 6) is 0.0780. The lowest BCUT2D eigenvalue weighted by molar-refractivity contribution is 0.282. The van der Waals surface area contributed by atoms with E-state index in [4.69, 9.17) is 0 Å². The summed E-state index contributed by atoms with van der Waals surface area (Å²) in [7, 11) is 0. The predicted molar refractivity (Wildman–Crippen MR) is 95.8 cm³/mol. The topological polar surface area (TPSA) is 20.2 Å². The minimum atomic E-state index is 0.0780. The first-order valence-corrected chi connectivity index (χ1v) is 8.02. The van der Waals surface area contributed by atoms with E-state index in [1.165, 1.54) is 43.8 Å². The van der Waals surface area contributed by atoms with E-state index in [9.17, 15) is 5.11 Å². The molecule has 0 radical (unpaired) electrons. The van der Waals surface area contributed by atoms with E-state index in [0.29, 0.717) is 0 Å². The van der Waals surface area contributed by atoms with Crippen molar-refractivity contribution in [3.8, 4) is 11.1 Å². The van der Waals surface area contributed by atoms with E-state index < -0.39 is 0 Å². The fraction of sp³-hybridized carbons (Fsp3) is 0.0909. The molecule has 1 aliphatic carbocycles. The molecule has 0 atom stereocenters. The van der Waals surface area contributed by atoms with Gasteiger partial charge in [0.2, 0.25) is 0 Å². The Balaban J connectivity index is 1.88. The number of benzene rings is 4. The molecule has 1 N–H and O–H groups in total. The Kier molecular flexibility index (Phi) is 2.61. The second-order valence-corrected chi connectivity index (χ2v) is 6.31. The van der Waals surface area contributed by atoms with Gasteiger partial charge in [0.15, 0.2) is 0 Å². The molecule has 1 nitrogen and oxygen atoms in total. The van der Waals surface area contributed by atoms with Crippen LogP contribution in [0.5, 0.6) is 0 Å². The van der Waals surface area contributed by atoms with Gasteiger partial charge in [-0.2, -0.15) is 0 Å². The molecule has 0 spiro atoms. The molecule has 0 aromatic heterocycles. The Morgan fingerprint density at radius 1 is 0.609 bits per heavy atom. The largest absolute Gasteiger partial charge is 0.395 e. The van der Waals surface area contributed by atoms with Crippen molar-refractivity contribution in [3.05, 3.63) is 83.9 Å². The molecule has 0 saturated heterocycles. The Hall–Kier alpha value is -2.64. The molecule has 1 aliphatic rings. The molecule has 0 bridgehead atoms. The highest BCUT2D eigenvalue weighted by Gasteiger charge is 2.28. The summed E-state index contributed by atoms with van der Waals surface area (Å²) in [6.07, 6.45) is 0. The quantitative estimate of drug-likeness (QED) is 0.518. The first-order chi connectivity index (χ1) is 11.3. The SMILES string of the molecule is OCC1c2cc3ccccc3cc2-c2cc3ccccc3cc21. The smallest absolute Gasteiger partial charge is 0.0540 e. The van der Waals surface area contributed by atoms with Gasteiger partial charge in [-0.3, -0.25) is 0 Å². The lowest BCUT2D eigenvalue weighted by atomic mass is 9.95. The van der Waals surface area contributed by atoms with Crippen molar-refractivity contribution in [1.29, 1.82) is 0 Å². The van der Waals surface area contributed by atoms with E-state index in [0.717, 1.165) is 0 Å². The molecule has 23 heavy (non-hydrogen) atoms.